The highest BCUT2D eigenvalue weighted by molar-refractivity contribution is 5.73. The van der Waals surface area contributed by atoms with E-state index >= 15 is 0 Å². The van der Waals surface area contributed by atoms with Gasteiger partial charge in [0.2, 0.25) is 0 Å². The molecule has 0 radical (unpaired) electrons. The SMILES string of the molecule is CCOC(=O)C(C)n1cnc(C#N)n1. The summed E-state index contributed by atoms with van der Waals surface area (Å²) in [5.41, 5.74) is 0. The Balaban J connectivity index is 2.74. The fraction of sp³-hybridized carbons (Fsp3) is 0.500. The Morgan fingerprint density at radius 1 is 1.86 bits per heavy atom. The van der Waals surface area contributed by atoms with Crippen molar-refractivity contribution in [3.05, 3.63) is 12.2 Å². The van der Waals surface area contributed by atoms with Crippen LogP contribution in [0.5, 0.6) is 0 Å². The van der Waals surface area contributed by atoms with E-state index in [1.807, 2.05) is 0 Å². The Morgan fingerprint density at radius 2 is 2.57 bits per heavy atom. The third-order valence-corrected chi connectivity index (χ3v) is 1.63. The van der Waals surface area contributed by atoms with E-state index < -0.39 is 6.04 Å². The largest absolute Gasteiger partial charge is 0.464 e. The van der Waals surface area contributed by atoms with Crippen molar-refractivity contribution in [3.63, 3.8) is 0 Å². The highest BCUT2D eigenvalue weighted by Gasteiger charge is 2.17. The summed E-state index contributed by atoms with van der Waals surface area (Å²) in [6.07, 6.45) is 1.33. The normalized spacial score (nSPS) is 11.8. The van der Waals surface area contributed by atoms with Gasteiger partial charge in [-0.15, -0.1) is 5.10 Å². The van der Waals surface area contributed by atoms with E-state index in [1.165, 1.54) is 11.0 Å². The average molecular weight is 194 g/mol. The van der Waals surface area contributed by atoms with E-state index in [-0.39, 0.29) is 11.8 Å². The van der Waals surface area contributed by atoms with Crippen LogP contribution >= 0.6 is 0 Å². The predicted molar refractivity (Wildman–Crippen MR) is 46.1 cm³/mol. The smallest absolute Gasteiger partial charge is 0.330 e. The lowest BCUT2D eigenvalue weighted by atomic mass is 10.3. The number of nitriles is 1. The number of aromatic nitrogens is 3. The van der Waals surface area contributed by atoms with Crippen LogP contribution in [0, 0.1) is 11.3 Å². The van der Waals surface area contributed by atoms with Crippen molar-refractivity contribution < 1.29 is 9.53 Å². The standard InChI is InChI=1S/C8H10N4O2/c1-3-14-8(13)6(2)12-5-10-7(4-9)11-12/h5-6H,3H2,1-2H3. The molecule has 74 valence electrons. The number of esters is 1. The van der Waals surface area contributed by atoms with E-state index in [9.17, 15) is 4.79 Å². The van der Waals surface area contributed by atoms with E-state index in [0.29, 0.717) is 6.61 Å². The van der Waals surface area contributed by atoms with Crippen LogP contribution in [0.15, 0.2) is 6.33 Å². The second-order valence-corrected chi connectivity index (χ2v) is 2.59. The molecule has 1 rings (SSSR count). The van der Waals surface area contributed by atoms with Crippen LogP contribution in [0.2, 0.25) is 0 Å². The molecule has 0 N–H and O–H groups in total. The molecule has 1 unspecified atom stereocenters. The topological polar surface area (TPSA) is 80.8 Å². The molecule has 1 aromatic heterocycles. The van der Waals surface area contributed by atoms with Crippen molar-refractivity contribution in [1.29, 1.82) is 5.26 Å². The summed E-state index contributed by atoms with van der Waals surface area (Å²) in [4.78, 5) is 14.9. The van der Waals surface area contributed by atoms with Crippen molar-refractivity contribution >= 4 is 5.97 Å². The molecule has 0 saturated carbocycles. The summed E-state index contributed by atoms with van der Waals surface area (Å²) in [5.74, 6) is -0.344. The number of carbonyl (C=O) groups excluding carboxylic acids is 1. The molecule has 14 heavy (non-hydrogen) atoms. The van der Waals surface area contributed by atoms with Gasteiger partial charge in [0, 0.05) is 0 Å². The molecule has 0 spiro atoms. The summed E-state index contributed by atoms with van der Waals surface area (Å²) < 4.78 is 6.09. The summed E-state index contributed by atoms with van der Waals surface area (Å²) in [7, 11) is 0. The zero-order chi connectivity index (χ0) is 10.6. The monoisotopic (exact) mass is 194 g/mol. The maximum atomic E-state index is 11.2. The van der Waals surface area contributed by atoms with Gasteiger partial charge in [-0.2, -0.15) is 5.26 Å². The zero-order valence-electron chi connectivity index (χ0n) is 7.97. The van der Waals surface area contributed by atoms with Gasteiger partial charge in [0.1, 0.15) is 18.4 Å². The quantitative estimate of drug-likeness (QED) is 0.645. The zero-order valence-corrected chi connectivity index (χ0v) is 7.97. The van der Waals surface area contributed by atoms with Crippen molar-refractivity contribution in [2.75, 3.05) is 6.61 Å². The van der Waals surface area contributed by atoms with Gasteiger partial charge >= 0.3 is 5.97 Å². The van der Waals surface area contributed by atoms with Crippen molar-refractivity contribution in [3.8, 4) is 6.07 Å². The molecule has 0 fully saturated rings. The molecule has 1 heterocycles. The molecule has 0 amide bonds. The van der Waals surface area contributed by atoms with Gasteiger partial charge in [0.15, 0.2) is 0 Å². The number of carbonyl (C=O) groups is 1. The first kappa shape index (κ1) is 10.2. The molecule has 0 aromatic carbocycles. The fourth-order valence-corrected chi connectivity index (χ4v) is 0.884. The van der Waals surface area contributed by atoms with Gasteiger partial charge in [0.25, 0.3) is 5.82 Å². The lowest BCUT2D eigenvalue weighted by molar-refractivity contribution is -0.146. The van der Waals surface area contributed by atoms with E-state index in [1.54, 1.807) is 19.9 Å². The summed E-state index contributed by atoms with van der Waals surface area (Å²) in [5, 5.41) is 12.2. The van der Waals surface area contributed by atoms with Crippen molar-refractivity contribution in [1.82, 2.24) is 14.8 Å². The number of nitrogens with zero attached hydrogens (tertiary/aromatic N) is 4. The Morgan fingerprint density at radius 3 is 3.07 bits per heavy atom. The highest BCUT2D eigenvalue weighted by Crippen LogP contribution is 2.05. The van der Waals surface area contributed by atoms with Crippen LogP contribution < -0.4 is 0 Å². The molecule has 0 aliphatic rings. The van der Waals surface area contributed by atoms with Crippen LogP contribution in [0.25, 0.3) is 0 Å². The Kier molecular flexibility index (Phi) is 3.18. The van der Waals surface area contributed by atoms with Gasteiger partial charge in [-0.05, 0) is 13.8 Å². The second kappa shape index (κ2) is 4.37. The maximum Gasteiger partial charge on any atom is 0.330 e. The number of hydrogen-bond donors (Lipinski definition) is 0. The molecule has 0 bridgehead atoms. The first-order valence-electron chi connectivity index (χ1n) is 4.17. The van der Waals surface area contributed by atoms with Crippen LogP contribution in [0.3, 0.4) is 0 Å². The Labute approximate surface area is 81.1 Å². The third kappa shape index (κ3) is 2.07. The Hall–Kier alpha value is -1.90. The molecule has 6 heteroatoms. The lowest BCUT2D eigenvalue weighted by Gasteiger charge is -2.09. The second-order valence-electron chi connectivity index (χ2n) is 2.59. The van der Waals surface area contributed by atoms with Crippen LogP contribution in [-0.2, 0) is 9.53 Å². The molecular formula is C8H10N4O2. The van der Waals surface area contributed by atoms with E-state index in [4.69, 9.17) is 10.00 Å². The molecular weight excluding hydrogens is 184 g/mol. The van der Waals surface area contributed by atoms with Crippen LogP contribution in [0.4, 0.5) is 0 Å². The summed E-state index contributed by atoms with van der Waals surface area (Å²) in [6.45, 7) is 3.68. The minimum Gasteiger partial charge on any atom is -0.464 e. The van der Waals surface area contributed by atoms with Gasteiger partial charge in [-0.25, -0.2) is 14.5 Å². The lowest BCUT2D eigenvalue weighted by Crippen LogP contribution is -2.19. The highest BCUT2D eigenvalue weighted by atomic mass is 16.5. The Bertz CT molecular complexity index is 366. The van der Waals surface area contributed by atoms with Crippen LogP contribution in [0.1, 0.15) is 25.7 Å². The third-order valence-electron chi connectivity index (χ3n) is 1.63. The first-order valence-corrected chi connectivity index (χ1v) is 4.17. The van der Waals surface area contributed by atoms with E-state index in [2.05, 4.69) is 10.1 Å². The van der Waals surface area contributed by atoms with Gasteiger partial charge in [-0.3, -0.25) is 0 Å². The van der Waals surface area contributed by atoms with Crippen LogP contribution in [-0.4, -0.2) is 27.3 Å². The minimum absolute atomic E-state index is 0.0427. The minimum atomic E-state index is -0.551. The fourth-order valence-electron chi connectivity index (χ4n) is 0.884. The van der Waals surface area contributed by atoms with Crippen molar-refractivity contribution in [2.24, 2.45) is 0 Å². The summed E-state index contributed by atoms with van der Waals surface area (Å²) >= 11 is 0. The molecule has 0 saturated heterocycles. The predicted octanol–water partition coefficient (Wildman–Crippen LogP) is 0.274. The number of rotatable bonds is 3. The molecule has 1 atom stereocenters. The molecule has 0 aliphatic carbocycles. The molecule has 1 aromatic rings. The average Bonchev–Trinajstić information content (AvgIpc) is 2.65. The maximum absolute atomic E-state index is 11.2. The molecule has 0 aliphatic heterocycles. The number of hydrogen-bond acceptors (Lipinski definition) is 5. The molecule has 6 nitrogen and oxygen atoms in total. The van der Waals surface area contributed by atoms with Gasteiger partial charge in [-0.1, -0.05) is 0 Å². The number of ether oxygens (including phenoxy) is 1. The van der Waals surface area contributed by atoms with Crippen molar-refractivity contribution in [2.45, 2.75) is 19.9 Å². The first-order chi connectivity index (χ1) is 6.69. The summed E-state index contributed by atoms with van der Waals surface area (Å²) in [6, 6.07) is 1.23. The van der Waals surface area contributed by atoms with Gasteiger partial charge < -0.3 is 4.74 Å². The van der Waals surface area contributed by atoms with E-state index in [0.717, 1.165) is 0 Å². The van der Waals surface area contributed by atoms with Gasteiger partial charge in [0.05, 0.1) is 6.61 Å².